The van der Waals surface area contributed by atoms with Gasteiger partial charge >= 0.3 is 0 Å². The summed E-state index contributed by atoms with van der Waals surface area (Å²) >= 11 is 0. The Labute approximate surface area is 187 Å². The summed E-state index contributed by atoms with van der Waals surface area (Å²) < 4.78 is 39.6. The molecule has 0 aliphatic carbocycles. The molecule has 0 saturated carbocycles. The number of benzene rings is 2. The van der Waals surface area contributed by atoms with Crippen molar-refractivity contribution in [2.75, 3.05) is 11.0 Å². The summed E-state index contributed by atoms with van der Waals surface area (Å²) in [7, 11) is -3.37. The number of hydrogen-bond acceptors (Lipinski definition) is 4. The zero-order chi connectivity index (χ0) is 22.6. The van der Waals surface area contributed by atoms with Crippen LogP contribution >= 0.6 is 0 Å². The van der Waals surface area contributed by atoms with Crippen molar-refractivity contribution in [3.8, 4) is 11.1 Å². The van der Waals surface area contributed by atoms with Crippen molar-refractivity contribution >= 4 is 15.7 Å². The Morgan fingerprint density at radius 2 is 1.53 bits per heavy atom. The van der Waals surface area contributed by atoms with E-state index in [1.54, 1.807) is 42.7 Å². The molecule has 2 aromatic heterocycles. The average Bonchev–Trinajstić information content (AvgIpc) is 2.79. The summed E-state index contributed by atoms with van der Waals surface area (Å²) in [5.74, 6) is -0.339. The molecule has 0 radical (unpaired) electrons. The number of sulfonamides is 1. The average molecular weight is 448 g/mol. The molecule has 4 rings (SSSR count). The van der Waals surface area contributed by atoms with E-state index < -0.39 is 10.0 Å². The molecule has 0 aliphatic rings. The van der Waals surface area contributed by atoms with Crippen LogP contribution in [0, 0.1) is 5.82 Å². The fourth-order valence-corrected chi connectivity index (χ4v) is 4.30. The molecule has 4 aromatic rings. The van der Waals surface area contributed by atoms with E-state index in [0.717, 1.165) is 34.1 Å². The summed E-state index contributed by atoms with van der Waals surface area (Å²) in [5, 5.41) is 0. The van der Waals surface area contributed by atoms with Gasteiger partial charge in [0.2, 0.25) is 10.0 Å². The zero-order valence-electron chi connectivity index (χ0n) is 17.4. The standard InChI is InChI=1S/C25H22FN3O2S/c1-32(30,31)29-23-10-7-18(8-11-23)25-15-22(26)9-6-19(25)14-24(20-4-2-12-27-16-20)21-5-3-13-28-17-21/h2-13,15-17,24,29H,14H2,1H3. The number of aromatic nitrogens is 2. The lowest BCUT2D eigenvalue weighted by Crippen LogP contribution is -2.09. The molecular formula is C25H22FN3O2S. The van der Waals surface area contributed by atoms with Gasteiger partial charge in [-0.25, -0.2) is 12.8 Å². The molecular weight excluding hydrogens is 425 g/mol. The van der Waals surface area contributed by atoms with Crippen LogP contribution in [-0.2, 0) is 16.4 Å². The summed E-state index contributed by atoms with van der Waals surface area (Å²) in [6, 6.07) is 19.5. The van der Waals surface area contributed by atoms with Gasteiger partial charge in [-0.2, -0.15) is 0 Å². The van der Waals surface area contributed by atoms with Crippen molar-refractivity contribution in [3.63, 3.8) is 0 Å². The lowest BCUT2D eigenvalue weighted by molar-refractivity contribution is 0.607. The number of pyridine rings is 2. The van der Waals surface area contributed by atoms with Crippen LogP contribution in [0.1, 0.15) is 22.6 Å². The summed E-state index contributed by atoms with van der Waals surface area (Å²) in [6.07, 6.45) is 8.87. The van der Waals surface area contributed by atoms with Crippen LogP contribution in [0.5, 0.6) is 0 Å². The molecule has 0 bridgehead atoms. The maximum Gasteiger partial charge on any atom is 0.229 e. The van der Waals surface area contributed by atoms with Gasteiger partial charge in [0.15, 0.2) is 0 Å². The lowest BCUT2D eigenvalue weighted by atomic mass is 9.85. The Morgan fingerprint density at radius 3 is 2.06 bits per heavy atom. The van der Waals surface area contributed by atoms with Crippen molar-refractivity contribution < 1.29 is 12.8 Å². The molecule has 32 heavy (non-hydrogen) atoms. The highest BCUT2D eigenvalue weighted by Gasteiger charge is 2.18. The third kappa shape index (κ3) is 5.36. The molecule has 2 aromatic carbocycles. The molecule has 0 atom stereocenters. The number of rotatable bonds is 7. The quantitative estimate of drug-likeness (QED) is 0.431. The molecule has 2 heterocycles. The van der Waals surface area contributed by atoms with E-state index in [1.165, 1.54) is 12.1 Å². The maximum absolute atomic E-state index is 14.2. The van der Waals surface area contributed by atoms with Crippen LogP contribution in [0.2, 0.25) is 0 Å². The lowest BCUT2D eigenvalue weighted by Gasteiger charge is -2.20. The third-order valence-corrected chi connectivity index (χ3v) is 5.78. The van der Waals surface area contributed by atoms with Crippen molar-refractivity contribution in [1.82, 2.24) is 9.97 Å². The zero-order valence-corrected chi connectivity index (χ0v) is 18.3. The second kappa shape index (κ2) is 9.28. The van der Waals surface area contributed by atoms with E-state index in [0.29, 0.717) is 12.1 Å². The molecule has 0 amide bonds. The second-order valence-corrected chi connectivity index (χ2v) is 9.33. The Hall–Kier alpha value is -3.58. The van der Waals surface area contributed by atoms with Gasteiger partial charge in [-0.3, -0.25) is 14.7 Å². The fourth-order valence-electron chi connectivity index (χ4n) is 3.74. The summed E-state index contributed by atoms with van der Waals surface area (Å²) in [5.41, 5.74) is 5.07. The Kier molecular flexibility index (Phi) is 6.28. The van der Waals surface area contributed by atoms with E-state index in [2.05, 4.69) is 14.7 Å². The smallest absolute Gasteiger partial charge is 0.229 e. The minimum absolute atomic E-state index is 0.00668. The fraction of sp³-hybridized carbons (Fsp3) is 0.120. The van der Waals surface area contributed by atoms with Crippen molar-refractivity contribution in [1.29, 1.82) is 0 Å². The van der Waals surface area contributed by atoms with Crippen molar-refractivity contribution in [3.05, 3.63) is 114 Å². The first-order valence-corrected chi connectivity index (χ1v) is 11.9. The minimum Gasteiger partial charge on any atom is -0.284 e. The Balaban J connectivity index is 1.72. The number of halogens is 1. The molecule has 0 saturated heterocycles. The van der Waals surface area contributed by atoms with E-state index >= 15 is 0 Å². The van der Waals surface area contributed by atoms with Gasteiger partial charge in [0.1, 0.15) is 5.82 Å². The van der Waals surface area contributed by atoms with Crippen LogP contribution in [0.25, 0.3) is 11.1 Å². The van der Waals surface area contributed by atoms with Gasteiger partial charge < -0.3 is 0 Å². The van der Waals surface area contributed by atoms with Gasteiger partial charge in [0.25, 0.3) is 0 Å². The highest BCUT2D eigenvalue weighted by Crippen LogP contribution is 2.33. The van der Waals surface area contributed by atoms with E-state index in [9.17, 15) is 12.8 Å². The molecule has 0 fully saturated rings. The van der Waals surface area contributed by atoms with Crippen LogP contribution < -0.4 is 4.72 Å². The monoisotopic (exact) mass is 447 g/mol. The SMILES string of the molecule is CS(=O)(=O)Nc1ccc(-c2cc(F)ccc2CC(c2cccnc2)c2cccnc2)cc1. The number of nitrogens with one attached hydrogen (secondary N) is 1. The number of nitrogens with zero attached hydrogens (tertiary/aromatic N) is 2. The first-order valence-electron chi connectivity index (χ1n) is 10.1. The normalized spacial score (nSPS) is 11.5. The van der Waals surface area contributed by atoms with Crippen LogP contribution in [-0.4, -0.2) is 24.6 Å². The third-order valence-electron chi connectivity index (χ3n) is 5.17. The Morgan fingerprint density at radius 1 is 0.906 bits per heavy atom. The number of anilines is 1. The van der Waals surface area contributed by atoms with Crippen LogP contribution in [0.15, 0.2) is 91.5 Å². The van der Waals surface area contributed by atoms with Crippen LogP contribution in [0.4, 0.5) is 10.1 Å². The first kappa shape index (κ1) is 21.6. The molecule has 0 unspecified atom stereocenters. The van der Waals surface area contributed by atoms with Gasteiger partial charge in [-0.05, 0) is 70.6 Å². The Bertz CT molecular complexity index is 1260. The predicted octanol–water partition coefficient (Wildman–Crippen LogP) is 5.03. The highest BCUT2D eigenvalue weighted by molar-refractivity contribution is 7.92. The van der Waals surface area contributed by atoms with Gasteiger partial charge in [0.05, 0.1) is 6.26 Å². The van der Waals surface area contributed by atoms with Crippen molar-refractivity contribution in [2.45, 2.75) is 12.3 Å². The first-order chi connectivity index (χ1) is 15.4. The van der Waals surface area contributed by atoms with Gasteiger partial charge in [-0.1, -0.05) is 30.3 Å². The topological polar surface area (TPSA) is 72.0 Å². The number of hydrogen-bond donors (Lipinski definition) is 1. The molecule has 0 aliphatic heterocycles. The molecule has 162 valence electrons. The molecule has 0 spiro atoms. The second-order valence-electron chi connectivity index (χ2n) is 7.58. The minimum atomic E-state index is -3.37. The largest absolute Gasteiger partial charge is 0.284 e. The van der Waals surface area contributed by atoms with E-state index in [4.69, 9.17) is 0 Å². The predicted molar refractivity (Wildman–Crippen MR) is 124 cm³/mol. The summed E-state index contributed by atoms with van der Waals surface area (Å²) in [6.45, 7) is 0. The van der Waals surface area contributed by atoms with E-state index in [1.807, 2.05) is 36.7 Å². The van der Waals surface area contributed by atoms with Crippen LogP contribution in [0.3, 0.4) is 0 Å². The molecule has 1 N–H and O–H groups in total. The summed E-state index contributed by atoms with van der Waals surface area (Å²) in [4.78, 5) is 8.54. The van der Waals surface area contributed by atoms with Gasteiger partial charge in [-0.15, -0.1) is 0 Å². The highest BCUT2D eigenvalue weighted by atomic mass is 32.2. The molecule has 7 heteroatoms. The maximum atomic E-state index is 14.2. The van der Waals surface area contributed by atoms with Crippen molar-refractivity contribution in [2.24, 2.45) is 0 Å². The van der Waals surface area contributed by atoms with E-state index in [-0.39, 0.29) is 11.7 Å². The van der Waals surface area contributed by atoms with Gasteiger partial charge in [0, 0.05) is 36.4 Å². The molecule has 5 nitrogen and oxygen atoms in total.